The Bertz CT molecular complexity index is 605. The molecule has 5 nitrogen and oxygen atoms in total. The topological polar surface area (TPSA) is 80.5 Å². The Labute approximate surface area is 105 Å². The van der Waals surface area contributed by atoms with Crippen molar-refractivity contribution in [3.63, 3.8) is 0 Å². The van der Waals surface area contributed by atoms with E-state index in [1.165, 1.54) is 5.56 Å². The summed E-state index contributed by atoms with van der Waals surface area (Å²) in [6, 6.07) is 9.91. The molecule has 0 aliphatic carbocycles. The highest BCUT2D eigenvalue weighted by atomic mass is 15.4. The van der Waals surface area contributed by atoms with E-state index in [-0.39, 0.29) is 0 Å². The molecule has 0 amide bonds. The number of nitrogens with two attached hydrogens (primary N) is 1. The number of fused-ring (bicyclic) bond motifs is 1. The summed E-state index contributed by atoms with van der Waals surface area (Å²) in [5, 5.41) is 12.9. The standard InChI is InChI=1S/C13H13N5/c14-8-9-1-3-10(4-2-9)11-5-6-18-12(7-11)16-13(15)17-18/h1-4,11H,5-7H2,(H2,15,17). The zero-order valence-electron chi connectivity index (χ0n) is 9.87. The molecule has 1 aliphatic heterocycles. The molecular formula is C13H13N5. The van der Waals surface area contributed by atoms with Gasteiger partial charge in [-0.25, -0.2) is 4.68 Å². The van der Waals surface area contributed by atoms with Gasteiger partial charge in [-0.1, -0.05) is 12.1 Å². The van der Waals surface area contributed by atoms with Crippen molar-refractivity contribution in [1.82, 2.24) is 14.8 Å². The van der Waals surface area contributed by atoms with Gasteiger partial charge >= 0.3 is 0 Å². The van der Waals surface area contributed by atoms with Gasteiger partial charge in [-0.2, -0.15) is 10.2 Å². The fraction of sp³-hybridized carbons (Fsp3) is 0.308. The molecule has 0 saturated carbocycles. The van der Waals surface area contributed by atoms with Crippen LogP contribution in [0.25, 0.3) is 0 Å². The lowest BCUT2D eigenvalue weighted by Gasteiger charge is -2.22. The summed E-state index contributed by atoms with van der Waals surface area (Å²) in [4.78, 5) is 4.24. The summed E-state index contributed by atoms with van der Waals surface area (Å²) in [5.74, 6) is 1.74. The third kappa shape index (κ3) is 1.82. The second-order valence-corrected chi connectivity index (χ2v) is 4.53. The van der Waals surface area contributed by atoms with E-state index in [1.54, 1.807) is 0 Å². The van der Waals surface area contributed by atoms with E-state index < -0.39 is 0 Å². The number of rotatable bonds is 1. The van der Waals surface area contributed by atoms with Crippen LogP contribution in [0.15, 0.2) is 24.3 Å². The molecule has 3 rings (SSSR count). The van der Waals surface area contributed by atoms with Crippen molar-refractivity contribution in [3.8, 4) is 6.07 Å². The summed E-state index contributed by atoms with van der Waals surface area (Å²) in [5.41, 5.74) is 7.55. The lowest BCUT2D eigenvalue weighted by Crippen LogP contribution is -2.19. The summed E-state index contributed by atoms with van der Waals surface area (Å²) >= 11 is 0. The van der Waals surface area contributed by atoms with E-state index in [0.29, 0.717) is 17.4 Å². The predicted octanol–water partition coefficient (Wildman–Crippen LogP) is 1.46. The van der Waals surface area contributed by atoms with E-state index in [1.807, 2.05) is 28.9 Å². The van der Waals surface area contributed by atoms with Crippen LogP contribution in [0.1, 0.15) is 29.3 Å². The highest BCUT2D eigenvalue weighted by Gasteiger charge is 2.22. The third-order valence-corrected chi connectivity index (χ3v) is 3.39. The molecule has 0 fully saturated rings. The average molecular weight is 239 g/mol. The zero-order chi connectivity index (χ0) is 12.5. The zero-order valence-corrected chi connectivity index (χ0v) is 9.87. The molecular weight excluding hydrogens is 226 g/mol. The largest absolute Gasteiger partial charge is 0.366 e. The molecule has 0 spiro atoms. The van der Waals surface area contributed by atoms with Crippen LogP contribution < -0.4 is 5.73 Å². The first-order valence-electron chi connectivity index (χ1n) is 5.95. The van der Waals surface area contributed by atoms with Crippen molar-refractivity contribution >= 4 is 5.95 Å². The minimum Gasteiger partial charge on any atom is -0.366 e. The molecule has 1 atom stereocenters. The fourth-order valence-corrected chi connectivity index (χ4v) is 2.44. The first kappa shape index (κ1) is 10.8. The predicted molar refractivity (Wildman–Crippen MR) is 66.7 cm³/mol. The number of hydrogen-bond acceptors (Lipinski definition) is 4. The highest BCUT2D eigenvalue weighted by Crippen LogP contribution is 2.28. The maximum atomic E-state index is 8.79. The quantitative estimate of drug-likeness (QED) is 0.817. The second kappa shape index (κ2) is 4.15. The van der Waals surface area contributed by atoms with Gasteiger partial charge in [-0.3, -0.25) is 0 Å². The molecule has 1 aliphatic rings. The smallest absolute Gasteiger partial charge is 0.239 e. The Morgan fingerprint density at radius 1 is 1.33 bits per heavy atom. The SMILES string of the molecule is N#Cc1ccc(C2CCn3nc(N)nc3C2)cc1. The molecule has 1 unspecified atom stereocenters. The van der Waals surface area contributed by atoms with E-state index in [0.717, 1.165) is 25.2 Å². The Hall–Kier alpha value is -2.35. The Morgan fingerprint density at radius 2 is 2.11 bits per heavy atom. The van der Waals surface area contributed by atoms with Gasteiger partial charge in [0.15, 0.2) is 0 Å². The molecule has 1 aromatic heterocycles. The third-order valence-electron chi connectivity index (χ3n) is 3.39. The van der Waals surface area contributed by atoms with E-state index in [2.05, 4.69) is 16.2 Å². The number of anilines is 1. The molecule has 2 aromatic rings. The maximum absolute atomic E-state index is 8.79. The normalized spacial score (nSPS) is 18.1. The molecule has 0 bridgehead atoms. The number of aromatic nitrogens is 3. The number of hydrogen-bond donors (Lipinski definition) is 1. The molecule has 1 aromatic carbocycles. The van der Waals surface area contributed by atoms with Crippen LogP contribution in [0.4, 0.5) is 5.95 Å². The number of aryl methyl sites for hydroxylation is 1. The van der Waals surface area contributed by atoms with Gasteiger partial charge in [0, 0.05) is 13.0 Å². The average Bonchev–Trinajstić information content (AvgIpc) is 2.78. The lowest BCUT2D eigenvalue weighted by molar-refractivity contribution is 0.434. The van der Waals surface area contributed by atoms with Gasteiger partial charge in [0.1, 0.15) is 5.82 Å². The van der Waals surface area contributed by atoms with Gasteiger partial charge in [-0.05, 0) is 30.0 Å². The molecule has 18 heavy (non-hydrogen) atoms. The van der Waals surface area contributed by atoms with Crippen LogP contribution in [-0.2, 0) is 13.0 Å². The second-order valence-electron chi connectivity index (χ2n) is 4.53. The van der Waals surface area contributed by atoms with Gasteiger partial charge in [-0.15, -0.1) is 5.10 Å². The van der Waals surface area contributed by atoms with Crippen LogP contribution in [0.2, 0.25) is 0 Å². The van der Waals surface area contributed by atoms with Gasteiger partial charge in [0.25, 0.3) is 0 Å². The lowest BCUT2D eigenvalue weighted by atomic mass is 9.90. The van der Waals surface area contributed by atoms with E-state index in [4.69, 9.17) is 11.0 Å². The minimum absolute atomic E-state index is 0.352. The van der Waals surface area contributed by atoms with Gasteiger partial charge in [0.05, 0.1) is 11.6 Å². The van der Waals surface area contributed by atoms with E-state index in [9.17, 15) is 0 Å². The molecule has 0 saturated heterocycles. The summed E-state index contributed by atoms with van der Waals surface area (Å²) in [6.07, 6.45) is 1.89. The molecule has 0 radical (unpaired) electrons. The van der Waals surface area contributed by atoms with Crippen molar-refractivity contribution in [2.24, 2.45) is 0 Å². The summed E-state index contributed by atoms with van der Waals surface area (Å²) in [6.45, 7) is 0.851. The van der Waals surface area contributed by atoms with Crippen LogP contribution in [-0.4, -0.2) is 14.8 Å². The van der Waals surface area contributed by atoms with Crippen LogP contribution in [0, 0.1) is 11.3 Å². The maximum Gasteiger partial charge on any atom is 0.239 e. The molecule has 90 valence electrons. The first-order valence-corrected chi connectivity index (χ1v) is 5.95. The number of nitriles is 1. The Morgan fingerprint density at radius 3 is 2.83 bits per heavy atom. The molecule has 2 N–H and O–H groups in total. The summed E-state index contributed by atoms with van der Waals surface area (Å²) < 4.78 is 1.88. The van der Waals surface area contributed by atoms with Crippen molar-refractivity contribution in [2.45, 2.75) is 25.3 Å². The first-order chi connectivity index (χ1) is 8.76. The molecule has 5 heteroatoms. The van der Waals surface area contributed by atoms with Crippen molar-refractivity contribution < 1.29 is 0 Å². The number of nitrogen functional groups attached to an aromatic ring is 1. The van der Waals surface area contributed by atoms with Gasteiger partial charge in [0.2, 0.25) is 5.95 Å². The highest BCUT2D eigenvalue weighted by molar-refractivity contribution is 5.33. The minimum atomic E-state index is 0.352. The number of benzene rings is 1. The van der Waals surface area contributed by atoms with Crippen molar-refractivity contribution in [3.05, 3.63) is 41.2 Å². The Kier molecular flexibility index (Phi) is 2.49. The van der Waals surface area contributed by atoms with Gasteiger partial charge < -0.3 is 5.73 Å². The number of nitrogens with zero attached hydrogens (tertiary/aromatic N) is 4. The Balaban J connectivity index is 1.84. The van der Waals surface area contributed by atoms with Crippen molar-refractivity contribution in [1.29, 1.82) is 5.26 Å². The monoisotopic (exact) mass is 239 g/mol. The van der Waals surface area contributed by atoms with Crippen LogP contribution in [0.5, 0.6) is 0 Å². The fourth-order valence-electron chi connectivity index (χ4n) is 2.44. The summed E-state index contributed by atoms with van der Waals surface area (Å²) in [7, 11) is 0. The van der Waals surface area contributed by atoms with Crippen LogP contribution >= 0.6 is 0 Å². The van der Waals surface area contributed by atoms with E-state index >= 15 is 0 Å². The van der Waals surface area contributed by atoms with Crippen molar-refractivity contribution in [2.75, 3.05) is 5.73 Å². The molecule has 2 heterocycles. The van der Waals surface area contributed by atoms with Crippen LogP contribution in [0.3, 0.4) is 0 Å².